The normalized spacial score (nSPS) is 16.3. The molecule has 1 heterocycles. The second-order valence-corrected chi connectivity index (χ2v) is 8.75. The fourth-order valence-corrected chi connectivity index (χ4v) is 4.67. The van der Waals surface area contributed by atoms with Gasteiger partial charge in [0, 0.05) is 17.8 Å². The minimum absolute atomic E-state index is 0.0385. The molecule has 1 aliphatic rings. The van der Waals surface area contributed by atoms with E-state index in [2.05, 4.69) is 38.2 Å². The van der Waals surface area contributed by atoms with Gasteiger partial charge in [-0.2, -0.15) is 0 Å². The van der Waals surface area contributed by atoms with Crippen LogP contribution in [0, 0.1) is 13.8 Å². The van der Waals surface area contributed by atoms with E-state index in [0.717, 1.165) is 29.8 Å². The van der Waals surface area contributed by atoms with E-state index in [0.29, 0.717) is 12.2 Å². The first-order valence-corrected chi connectivity index (χ1v) is 11.4. The minimum atomic E-state index is -0.0385. The molecule has 0 radical (unpaired) electrons. The first-order valence-electron chi connectivity index (χ1n) is 10.4. The molecule has 1 fully saturated rings. The molecule has 0 aliphatic carbocycles. The molecule has 0 spiro atoms. The summed E-state index contributed by atoms with van der Waals surface area (Å²) in [6.45, 7) is 6.31. The fraction of sp³-hybridized carbons (Fsp3) is 0.417. The zero-order valence-electron chi connectivity index (χ0n) is 17.5. The minimum Gasteiger partial charge on any atom is -0.326 e. The molecule has 0 bridgehead atoms. The Morgan fingerprint density at radius 1 is 1.07 bits per heavy atom. The summed E-state index contributed by atoms with van der Waals surface area (Å²) >= 11 is 1.64. The SMILES string of the molecule is CCCCCCC(=O)Nc1ccc(C2SCC(=O)N2c2ccc(C)c(C)c2)cc1. The van der Waals surface area contributed by atoms with Gasteiger partial charge in [-0.3, -0.25) is 14.5 Å². The summed E-state index contributed by atoms with van der Waals surface area (Å²) in [5, 5.41) is 2.94. The van der Waals surface area contributed by atoms with Crippen LogP contribution in [-0.2, 0) is 9.59 Å². The number of anilines is 2. The van der Waals surface area contributed by atoms with Crippen molar-refractivity contribution in [2.75, 3.05) is 16.0 Å². The molecule has 2 amide bonds. The van der Waals surface area contributed by atoms with E-state index < -0.39 is 0 Å². The van der Waals surface area contributed by atoms with Gasteiger partial charge in [0.25, 0.3) is 0 Å². The van der Waals surface area contributed by atoms with E-state index in [4.69, 9.17) is 0 Å². The third-order valence-electron chi connectivity index (χ3n) is 5.37. The number of nitrogens with one attached hydrogen (secondary N) is 1. The van der Waals surface area contributed by atoms with Gasteiger partial charge in [-0.15, -0.1) is 11.8 Å². The second kappa shape index (κ2) is 9.97. The molecule has 1 N–H and O–H groups in total. The zero-order valence-corrected chi connectivity index (χ0v) is 18.3. The van der Waals surface area contributed by atoms with Crippen LogP contribution >= 0.6 is 11.8 Å². The van der Waals surface area contributed by atoms with Crippen molar-refractivity contribution < 1.29 is 9.59 Å². The number of unbranched alkanes of at least 4 members (excludes halogenated alkanes) is 3. The van der Waals surface area contributed by atoms with Gasteiger partial charge in [0.1, 0.15) is 5.37 Å². The maximum absolute atomic E-state index is 12.6. The third-order valence-corrected chi connectivity index (χ3v) is 6.59. The topological polar surface area (TPSA) is 49.4 Å². The molecule has 5 heteroatoms. The van der Waals surface area contributed by atoms with Crippen LogP contribution < -0.4 is 10.2 Å². The lowest BCUT2D eigenvalue weighted by Crippen LogP contribution is -2.27. The number of amides is 2. The largest absolute Gasteiger partial charge is 0.326 e. The van der Waals surface area contributed by atoms with Crippen molar-refractivity contribution in [1.29, 1.82) is 0 Å². The van der Waals surface area contributed by atoms with E-state index in [-0.39, 0.29) is 17.2 Å². The molecule has 29 heavy (non-hydrogen) atoms. The van der Waals surface area contributed by atoms with Gasteiger partial charge >= 0.3 is 0 Å². The number of hydrogen-bond donors (Lipinski definition) is 1. The summed E-state index contributed by atoms with van der Waals surface area (Å²) in [5.74, 6) is 0.678. The fourth-order valence-electron chi connectivity index (χ4n) is 3.49. The maximum Gasteiger partial charge on any atom is 0.238 e. The summed E-state index contributed by atoms with van der Waals surface area (Å²) in [5.41, 5.74) is 5.22. The summed E-state index contributed by atoms with van der Waals surface area (Å²) in [6, 6.07) is 14.1. The summed E-state index contributed by atoms with van der Waals surface area (Å²) in [7, 11) is 0. The number of benzene rings is 2. The van der Waals surface area contributed by atoms with Crippen LogP contribution in [0.2, 0.25) is 0 Å². The standard InChI is InChI=1S/C24H30N2O2S/c1-4-5-6-7-8-22(27)25-20-12-10-19(11-13-20)24-26(23(28)16-29-24)21-14-9-17(2)18(3)15-21/h9-15,24H,4-8,16H2,1-3H3,(H,25,27). The molecule has 1 aliphatic heterocycles. The highest BCUT2D eigenvalue weighted by Crippen LogP contribution is 2.42. The van der Waals surface area contributed by atoms with Gasteiger partial charge in [0.05, 0.1) is 5.75 Å². The highest BCUT2D eigenvalue weighted by atomic mass is 32.2. The number of aryl methyl sites for hydroxylation is 2. The molecule has 2 aromatic rings. The lowest BCUT2D eigenvalue weighted by Gasteiger charge is -2.25. The molecule has 0 saturated carbocycles. The summed E-state index contributed by atoms with van der Waals surface area (Å²) in [6.07, 6.45) is 4.95. The predicted molar refractivity (Wildman–Crippen MR) is 122 cm³/mol. The maximum atomic E-state index is 12.6. The molecule has 1 unspecified atom stereocenters. The summed E-state index contributed by atoms with van der Waals surface area (Å²) < 4.78 is 0. The lowest BCUT2D eigenvalue weighted by atomic mass is 10.1. The average molecular weight is 411 g/mol. The molecule has 1 saturated heterocycles. The molecule has 154 valence electrons. The highest BCUT2D eigenvalue weighted by Gasteiger charge is 2.34. The number of rotatable bonds is 8. The Bertz CT molecular complexity index is 864. The molecular formula is C24H30N2O2S. The van der Waals surface area contributed by atoms with E-state index in [1.807, 2.05) is 35.2 Å². The number of carbonyl (C=O) groups is 2. The van der Waals surface area contributed by atoms with Crippen molar-refractivity contribution >= 4 is 35.0 Å². The quantitative estimate of drug-likeness (QED) is 0.544. The molecule has 4 nitrogen and oxygen atoms in total. The van der Waals surface area contributed by atoms with Crippen LogP contribution in [0.25, 0.3) is 0 Å². The Balaban J connectivity index is 1.67. The van der Waals surface area contributed by atoms with Gasteiger partial charge in [0.15, 0.2) is 0 Å². The Labute approximate surface area is 178 Å². The van der Waals surface area contributed by atoms with Gasteiger partial charge < -0.3 is 5.32 Å². The van der Waals surface area contributed by atoms with Crippen molar-refractivity contribution in [3.8, 4) is 0 Å². The molecule has 2 aromatic carbocycles. The zero-order chi connectivity index (χ0) is 20.8. The van der Waals surface area contributed by atoms with Gasteiger partial charge in [-0.25, -0.2) is 0 Å². The molecule has 0 aromatic heterocycles. The van der Waals surface area contributed by atoms with Gasteiger partial charge in [0.2, 0.25) is 11.8 Å². The number of hydrogen-bond acceptors (Lipinski definition) is 3. The first kappa shape index (κ1) is 21.4. The smallest absolute Gasteiger partial charge is 0.238 e. The van der Waals surface area contributed by atoms with Crippen LogP contribution in [0.3, 0.4) is 0 Å². The number of nitrogens with zero attached hydrogens (tertiary/aromatic N) is 1. The van der Waals surface area contributed by atoms with Crippen molar-refractivity contribution in [3.05, 3.63) is 59.2 Å². The Kier molecular flexibility index (Phi) is 7.37. The molecule has 3 rings (SSSR count). The summed E-state index contributed by atoms with van der Waals surface area (Å²) in [4.78, 5) is 26.5. The van der Waals surface area contributed by atoms with Crippen molar-refractivity contribution in [3.63, 3.8) is 0 Å². The average Bonchev–Trinajstić information content (AvgIpc) is 3.09. The third kappa shape index (κ3) is 5.41. The van der Waals surface area contributed by atoms with Crippen LogP contribution in [0.5, 0.6) is 0 Å². The van der Waals surface area contributed by atoms with E-state index in [9.17, 15) is 9.59 Å². The highest BCUT2D eigenvalue weighted by molar-refractivity contribution is 8.00. The van der Waals surface area contributed by atoms with Crippen LogP contribution in [-0.4, -0.2) is 17.6 Å². The second-order valence-electron chi connectivity index (χ2n) is 7.68. The number of thioether (sulfide) groups is 1. The van der Waals surface area contributed by atoms with E-state index in [1.165, 1.54) is 24.0 Å². The molecular weight excluding hydrogens is 380 g/mol. The Morgan fingerprint density at radius 3 is 2.52 bits per heavy atom. The number of carbonyl (C=O) groups excluding carboxylic acids is 2. The van der Waals surface area contributed by atoms with Gasteiger partial charge in [-0.1, -0.05) is 44.4 Å². The lowest BCUT2D eigenvalue weighted by molar-refractivity contribution is -0.116. The Hall–Kier alpha value is -2.27. The van der Waals surface area contributed by atoms with Crippen molar-refractivity contribution in [2.45, 2.75) is 58.2 Å². The van der Waals surface area contributed by atoms with Crippen LogP contribution in [0.4, 0.5) is 11.4 Å². The van der Waals surface area contributed by atoms with Crippen molar-refractivity contribution in [2.24, 2.45) is 0 Å². The van der Waals surface area contributed by atoms with E-state index in [1.54, 1.807) is 11.8 Å². The predicted octanol–water partition coefficient (Wildman–Crippen LogP) is 5.99. The monoisotopic (exact) mass is 410 g/mol. The first-order chi connectivity index (χ1) is 14.0. The van der Waals surface area contributed by atoms with Crippen LogP contribution in [0.1, 0.15) is 61.1 Å². The van der Waals surface area contributed by atoms with E-state index >= 15 is 0 Å². The molecule has 1 atom stereocenters. The van der Waals surface area contributed by atoms with Gasteiger partial charge in [-0.05, 0) is 61.2 Å². The Morgan fingerprint density at radius 2 is 1.83 bits per heavy atom. The van der Waals surface area contributed by atoms with Crippen LogP contribution in [0.15, 0.2) is 42.5 Å². The van der Waals surface area contributed by atoms with Crippen molar-refractivity contribution in [1.82, 2.24) is 0 Å².